The van der Waals surface area contributed by atoms with Crippen molar-refractivity contribution in [2.75, 3.05) is 13.2 Å². The van der Waals surface area contributed by atoms with E-state index >= 15 is 0 Å². The van der Waals surface area contributed by atoms with Crippen molar-refractivity contribution in [2.45, 2.75) is 69.5 Å². The molecule has 0 amide bonds. The van der Waals surface area contributed by atoms with Gasteiger partial charge in [0, 0.05) is 13.1 Å². The van der Waals surface area contributed by atoms with Gasteiger partial charge in [-0.25, -0.2) is 0 Å². The van der Waals surface area contributed by atoms with Crippen molar-refractivity contribution in [1.29, 1.82) is 0 Å². The predicted molar refractivity (Wildman–Crippen MR) is 190 cm³/mol. The minimum Gasteiger partial charge on any atom is -0.374 e. The van der Waals surface area contributed by atoms with Crippen LogP contribution in [0, 0.1) is 0 Å². The van der Waals surface area contributed by atoms with Crippen LogP contribution in [0.3, 0.4) is 0 Å². The van der Waals surface area contributed by atoms with Crippen LogP contribution >= 0.6 is 0 Å². The van der Waals surface area contributed by atoms with Crippen molar-refractivity contribution < 1.29 is 23.7 Å². The van der Waals surface area contributed by atoms with Gasteiger partial charge in [0.05, 0.1) is 45.2 Å². The third-order valence-corrected chi connectivity index (χ3v) is 9.40. The fourth-order valence-corrected chi connectivity index (χ4v) is 6.98. The number of rotatable bonds is 15. The molecule has 2 aliphatic heterocycles. The fourth-order valence-electron chi connectivity index (χ4n) is 6.98. The Hall–Kier alpha value is -4.14. The highest BCUT2D eigenvalue weighted by Gasteiger charge is 2.56. The van der Waals surface area contributed by atoms with Crippen LogP contribution in [0.2, 0.25) is 0 Å². The van der Waals surface area contributed by atoms with E-state index in [4.69, 9.17) is 23.7 Å². The first-order valence-electron chi connectivity index (χ1n) is 17.3. The van der Waals surface area contributed by atoms with Gasteiger partial charge in [-0.15, -0.1) is 0 Å². The summed E-state index contributed by atoms with van der Waals surface area (Å²) < 4.78 is 34.1. The lowest BCUT2D eigenvalue weighted by atomic mass is 9.91. The average molecular weight is 656 g/mol. The minimum absolute atomic E-state index is 0.101. The molecule has 0 saturated carbocycles. The molecule has 0 aliphatic carbocycles. The first-order valence-corrected chi connectivity index (χ1v) is 17.3. The van der Waals surface area contributed by atoms with E-state index in [0.717, 1.165) is 28.8 Å². The van der Waals surface area contributed by atoms with Gasteiger partial charge in [0.2, 0.25) is 0 Å². The van der Waals surface area contributed by atoms with Crippen LogP contribution in [0.25, 0.3) is 0 Å². The third-order valence-electron chi connectivity index (χ3n) is 9.40. The van der Waals surface area contributed by atoms with Crippen LogP contribution in [0.1, 0.15) is 27.8 Å². The van der Waals surface area contributed by atoms with E-state index < -0.39 is 0 Å². The summed E-state index contributed by atoms with van der Waals surface area (Å²) in [5.41, 5.74) is 5.72. The molecule has 0 radical (unpaired) electrons. The third kappa shape index (κ3) is 8.91. The summed E-state index contributed by atoms with van der Waals surface area (Å²) in [6.45, 7) is 3.74. The Morgan fingerprint density at radius 2 is 0.918 bits per heavy atom. The van der Waals surface area contributed by atoms with E-state index in [-0.39, 0.29) is 36.6 Å². The standard InChI is InChI=1S/C43H45NO5/c1-6-16-33(17-7-1)26-44-27-38(46-29-35-20-10-3-11-21-35)41-40(44)43(48-31-37-24-14-5-15-25-37)42(47-30-36-22-12-4-13-23-36)39(49-41)32-45-28-34-18-8-2-9-19-34/h1-25,38-43H,26-32H2/t38-,39-,40-,41+,42-,43-/m1/s1. The molecule has 0 aromatic heterocycles. The van der Waals surface area contributed by atoms with Crippen LogP contribution in [0.15, 0.2) is 152 Å². The van der Waals surface area contributed by atoms with Gasteiger partial charge in [-0.05, 0) is 27.8 Å². The Morgan fingerprint density at radius 3 is 1.43 bits per heavy atom. The quantitative estimate of drug-likeness (QED) is 0.116. The van der Waals surface area contributed by atoms with E-state index in [1.54, 1.807) is 0 Å². The Balaban J connectivity index is 1.20. The van der Waals surface area contributed by atoms with E-state index in [0.29, 0.717) is 39.6 Å². The summed E-state index contributed by atoms with van der Waals surface area (Å²) in [4.78, 5) is 2.48. The molecule has 2 aliphatic rings. The van der Waals surface area contributed by atoms with Crippen LogP contribution in [-0.2, 0) is 56.7 Å². The summed E-state index contributed by atoms with van der Waals surface area (Å²) in [6, 6.07) is 51.8. The summed E-state index contributed by atoms with van der Waals surface area (Å²) in [6.07, 6.45) is -1.46. The first-order chi connectivity index (χ1) is 24.3. The highest BCUT2D eigenvalue weighted by molar-refractivity contribution is 5.19. The minimum atomic E-state index is -0.382. The monoisotopic (exact) mass is 655 g/mol. The van der Waals surface area contributed by atoms with Crippen molar-refractivity contribution >= 4 is 0 Å². The largest absolute Gasteiger partial charge is 0.374 e. The van der Waals surface area contributed by atoms with Crippen molar-refractivity contribution in [2.24, 2.45) is 0 Å². The van der Waals surface area contributed by atoms with Gasteiger partial charge in [0.15, 0.2) is 0 Å². The maximum atomic E-state index is 7.10. The molecular weight excluding hydrogens is 610 g/mol. The number of likely N-dealkylation sites (tertiary alicyclic amines) is 1. The molecule has 0 bridgehead atoms. The lowest BCUT2D eigenvalue weighted by Crippen LogP contribution is -2.63. The molecule has 49 heavy (non-hydrogen) atoms. The second-order valence-corrected chi connectivity index (χ2v) is 12.9. The molecule has 2 saturated heterocycles. The molecule has 6 heteroatoms. The predicted octanol–water partition coefficient (Wildman–Crippen LogP) is 7.61. The van der Waals surface area contributed by atoms with Gasteiger partial charge >= 0.3 is 0 Å². The molecule has 2 fully saturated rings. The topological polar surface area (TPSA) is 49.4 Å². The number of hydrogen-bond acceptors (Lipinski definition) is 6. The van der Waals surface area contributed by atoms with E-state index in [1.165, 1.54) is 5.56 Å². The van der Waals surface area contributed by atoms with E-state index in [1.807, 2.05) is 48.5 Å². The van der Waals surface area contributed by atoms with Gasteiger partial charge in [-0.1, -0.05) is 152 Å². The zero-order chi connectivity index (χ0) is 33.1. The molecule has 5 aromatic rings. The number of nitrogens with zero attached hydrogens (tertiary/aromatic N) is 1. The van der Waals surface area contributed by atoms with Gasteiger partial charge < -0.3 is 23.7 Å². The maximum Gasteiger partial charge on any atom is 0.114 e. The van der Waals surface area contributed by atoms with Crippen LogP contribution in [0.5, 0.6) is 0 Å². The second-order valence-electron chi connectivity index (χ2n) is 12.9. The summed E-state index contributed by atoms with van der Waals surface area (Å²) >= 11 is 0. The normalized spacial score (nSPS) is 23.7. The molecule has 7 rings (SSSR count). The fraction of sp³-hybridized carbons (Fsp3) is 0.302. The zero-order valence-electron chi connectivity index (χ0n) is 27.8. The summed E-state index contributed by atoms with van der Waals surface area (Å²) in [5, 5.41) is 0. The molecular formula is C43H45NO5. The van der Waals surface area contributed by atoms with Crippen LogP contribution < -0.4 is 0 Å². The molecule has 2 heterocycles. The summed E-state index contributed by atoms with van der Waals surface area (Å²) in [7, 11) is 0. The SMILES string of the molecule is c1ccc(COC[C@H]2O[C@@H]3[C@H]([C@@H](OCc4ccccc4)[C@@H]2OCc2ccccc2)N(Cc2ccccc2)C[C@H]3OCc2ccccc2)cc1. The molecule has 252 valence electrons. The van der Waals surface area contributed by atoms with Gasteiger partial charge in [0.1, 0.15) is 24.4 Å². The molecule has 0 unspecified atom stereocenters. The Kier molecular flexibility index (Phi) is 11.6. The van der Waals surface area contributed by atoms with Crippen LogP contribution in [-0.4, -0.2) is 54.6 Å². The number of ether oxygens (including phenoxy) is 5. The number of fused-ring (bicyclic) bond motifs is 1. The van der Waals surface area contributed by atoms with Crippen molar-refractivity contribution in [1.82, 2.24) is 4.90 Å². The smallest absolute Gasteiger partial charge is 0.114 e. The Morgan fingerprint density at radius 1 is 0.490 bits per heavy atom. The van der Waals surface area contributed by atoms with Crippen molar-refractivity contribution in [3.8, 4) is 0 Å². The van der Waals surface area contributed by atoms with Crippen molar-refractivity contribution in [3.63, 3.8) is 0 Å². The van der Waals surface area contributed by atoms with E-state index in [2.05, 4.69) is 108 Å². The summed E-state index contributed by atoms with van der Waals surface area (Å²) in [5.74, 6) is 0. The maximum absolute atomic E-state index is 7.10. The lowest BCUT2D eigenvalue weighted by Gasteiger charge is -2.47. The molecule has 5 aromatic carbocycles. The van der Waals surface area contributed by atoms with Gasteiger partial charge in [-0.2, -0.15) is 0 Å². The molecule has 0 spiro atoms. The van der Waals surface area contributed by atoms with Gasteiger partial charge in [-0.3, -0.25) is 4.90 Å². The second kappa shape index (κ2) is 17.0. The van der Waals surface area contributed by atoms with Crippen LogP contribution in [0.4, 0.5) is 0 Å². The highest BCUT2D eigenvalue weighted by Crippen LogP contribution is 2.38. The van der Waals surface area contributed by atoms with Gasteiger partial charge in [0.25, 0.3) is 0 Å². The molecule has 6 nitrogen and oxygen atoms in total. The Labute approximate surface area is 290 Å². The van der Waals surface area contributed by atoms with Crippen molar-refractivity contribution in [3.05, 3.63) is 179 Å². The Bertz CT molecular complexity index is 1660. The lowest BCUT2D eigenvalue weighted by molar-refractivity contribution is -0.247. The number of hydrogen-bond donors (Lipinski definition) is 0. The highest BCUT2D eigenvalue weighted by atomic mass is 16.6. The zero-order valence-corrected chi connectivity index (χ0v) is 27.8. The number of benzene rings is 5. The molecule has 6 atom stereocenters. The molecule has 0 N–H and O–H groups in total. The first kappa shape index (κ1) is 33.4. The van der Waals surface area contributed by atoms with E-state index in [9.17, 15) is 0 Å². The average Bonchev–Trinajstić information content (AvgIpc) is 3.50.